The minimum Gasteiger partial charge on any atom is -0.465 e. The average molecular weight is 334 g/mol. The van der Waals surface area contributed by atoms with E-state index in [0.29, 0.717) is 11.3 Å². The Labute approximate surface area is 135 Å². The monoisotopic (exact) mass is 334 g/mol. The van der Waals surface area contributed by atoms with Gasteiger partial charge in [-0.25, -0.2) is 9.52 Å². The number of carbonyl (C=O) groups is 1. The summed E-state index contributed by atoms with van der Waals surface area (Å²) in [5.74, 6) is -0.431. The molecule has 2 rings (SSSR count). The summed E-state index contributed by atoms with van der Waals surface area (Å²) < 4.78 is 32.8. The second kappa shape index (κ2) is 7.26. The van der Waals surface area contributed by atoms with Crippen LogP contribution in [0.4, 0.5) is 5.69 Å². The molecule has 0 aliphatic rings. The minimum atomic E-state index is -3.65. The molecule has 0 atom stereocenters. The van der Waals surface area contributed by atoms with E-state index in [1.165, 1.54) is 18.5 Å². The van der Waals surface area contributed by atoms with E-state index in [1.807, 2.05) is 6.07 Å². The molecule has 122 valence electrons. The SMILES string of the molecule is CNS(=O)(=O)N(Cc1ccc(C(=O)OC)cc1)c1ccccc1. The van der Waals surface area contributed by atoms with E-state index in [2.05, 4.69) is 9.46 Å². The van der Waals surface area contributed by atoms with Crippen LogP contribution in [0.1, 0.15) is 15.9 Å². The summed E-state index contributed by atoms with van der Waals surface area (Å²) in [5.41, 5.74) is 1.72. The summed E-state index contributed by atoms with van der Waals surface area (Å²) >= 11 is 0. The number of nitrogens with zero attached hydrogens (tertiary/aromatic N) is 1. The van der Waals surface area contributed by atoms with Gasteiger partial charge in [-0.1, -0.05) is 30.3 Å². The van der Waals surface area contributed by atoms with E-state index < -0.39 is 16.2 Å². The summed E-state index contributed by atoms with van der Waals surface area (Å²) in [6.45, 7) is 0.147. The fourth-order valence-electron chi connectivity index (χ4n) is 2.05. The van der Waals surface area contributed by atoms with Crippen molar-refractivity contribution >= 4 is 21.9 Å². The number of ether oxygens (including phenoxy) is 1. The van der Waals surface area contributed by atoms with Gasteiger partial charge in [-0.3, -0.25) is 4.31 Å². The molecule has 0 amide bonds. The molecule has 0 saturated heterocycles. The van der Waals surface area contributed by atoms with Crippen molar-refractivity contribution in [1.82, 2.24) is 4.72 Å². The van der Waals surface area contributed by atoms with Crippen LogP contribution >= 0.6 is 0 Å². The van der Waals surface area contributed by atoms with E-state index in [-0.39, 0.29) is 6.54 Å². The first-order valence-corrected chi connectivity index (χ1v) is 8.35. The zero-order valence-electron chi connectivity index (χ0n) is 12.9. The Balaban J connectivity index is 2.30. The highest BCUT2D eigenvalue weighted by Gasteiger charge is 2.20. The fraction of sp³-hybridized carbons (Fsp3) is 0.188. The van der Waals surface area contributed by atoms with E-state index in [9.17, 15) is 13.2 Å². The molecule has 0 aromatic heterocycles. The molecule has 23 heavy (non-hydrogen) atoms. The zero-order chi connectivity index (χ0) is 16.9. The topological polar surface area (TPSA) is 75.7 Å². The Morgan fingerprint density at radius 1 is 1.09 bits per heavy atom. The molecule has 0 unspecified atom stereocenters. The second-order valence-corrected chi connectivity index (χ2v) is 6.54. The van der Waals surface area contributed by atoms with Crippen LogP contribution in [0.5, 0.6) is 0 Å². The summed E-state index contributed by atoms with van der Waals surface area (Å²) in [5, 5.41) is 0. The summed E-state index contributed by atoms with van der Waals surface area (Å²) in [6.07, 6.45) is 0. The van der Waals surface area contributed by atoms with Gasteiger partial charge in [0.05, 0.1) is 24.9 Å². The molecule has 6 nitrogen and oxygen atoms in total. The molecule has 0 spiro atoms. The van der Waals surface area contributed by atoms with Gasteiger partial charge in [0.1, 0.15) is 0 Å². The normalized spacial score (nSPS) is 11.0. The van der Waals surface area contributed by atoms with Crippen LogP contribution in [0.3, 0.4) is 0 Å². The molecule has 1 N–H and O–H groups in total. The maximum absolute atomic E-state index is 12.3. The Morgan fingerprint density at radius 3 is 2.22 bits per heavy atom. The molecule has 0 bridgehead atoms. The first-order valence-electron chi connectivity index (χ1n) is 6.91. The summed E-state index contributed by atoms with van der Waals surface area (Å²) in [4.78, 5) is 11.4. The van der Waals surface area contributed by atoms with E-state index in [4.69, 9.17) is 0 Å². The highest BCUT2D eigenvalue weighted by atomic mass is 32.2. The van der Waals surface area contributed by atoms with Gasteiger partial charge in [0.2, 0.25) is 0 Å². The predicted molar refractivity (Wildman–Crippen MR) is 88.4 cm³/mol. The van der Waals surface area contributed by atoms with Crippen LogP contribution in [-0.2, 0) is 21.5 Å². The number of nitrogens with one attached hydrogen (secondary N) is 1. The molecule has 2 aromatic carbocycles. The number of hydrogen-bond acceptors (Lipinski definition) is 4. The van der Waals surface area contributed by atoms with Gasteiger partial charge < -0.3 is 4.74 Å². The smallest absolute Gasteiger partial charge is 0.337 e. The molecular weight excluding hydrogens is 316 g/mol. The molecule has 0 radical (unpaired) electrons. The largest absolute Gasteiger partial charge is 0.465 e. The molecule has 0 fully saturated rings. The van der Waals surface area contributed by atoms with E-state index in [0.717, 1.165) is 5.56 Å². The number of para-hydroxylation sites is 1. The Bertz CT molecular complexity index is 758. The maximum atomic E-state index is 12.3. The number of hydrogen-bond donors (Lipinski definition) is 1. The molecule has 0 aliphatic carbocycles. The molecule has 7 heteroatoms. The van der Waals surface area contributed by atoms with Gasteiger partial charge >= 0.3 is 16.2 Å². The predicted octanol–water partition coefficient (Wildman–Crippen LogP) is 1.94. The Morgan fingerprint density at radius 2 is 1.70 bits per heavy atom. The lowest BCUT2D eigenvalue weighted by Crippen LogP contribution is -2.38. The van der Waals surface area contributed by atoms with Crippen LogP contribution in [0.25, 0.3) is 0 Å². The molecule has 0 aliphatic heterocycles. The van der Waals surface area contributed by atoms with Gasteiger partial charge in [0.15, 0.2) is 0 Å². The van der Waals surface area contributed by atoms with Gasteiger partial charge in [0.25, 0.3) is 0 Å². The highest BCUT2D eigenvalue weighted by Crippen LogP contribution is 2.20. The van der Waals surface area contributed by atoms with Crippen LogP contribution in [0, 0.1) is 0 Å². The number of anilines is 1. The second-order valence-electron chi connectivity index (χ2n) is 4.74. The van der Waals surface area contributed by atoms with Crippen molar-refractivity contribution in [2.75, 3.05) is 18.5 Å². The standard InChI is InChI=1S/C16H18N2O4S/c1-17-23(20,21)18(15-6-4-3-5-7-15)12-13-8-10-14(11-9-13)16(19)22-2/h3-11,17H,12H2,1-2H3. The van der Waals surface area contributed by atoms with Crippen molar-refractivity contribution in [2.45, 2.75) is 6.54 Å². The van der Waals surface area contributed by atoms with Crippen molar-refractivity contribution < 1.29 is 17.9 Å². The van der Waals surface area contributed by atoms with Crippen LogP contribution in [-0.4, -0.2) is 28.5 Å². The number of benzene rings is 2. The Hall–Kier alpha value is -2.38. The van der Waals surface area contributed by atoms with Crippen LogP contribution in [0.15, 0.2) is 54.6 Å². The van der Waals surface area contributed by atoms with Crippen molar-refractivity contribution in [1.29, 1.82) is 0 Å². The fourth-order valence-corrected chi connectivity index (χ4v) is 2.99. The number of esters is 1. The molecule has 0 saturated carbocycles. The summed E-state index contributed by atoms with van der Waals surface area (Å²) in [7, 11) is -0.972. The third kappa shape index (κ3) is 4.08. The number of methoxy groups -OCH3 is 1. The average Bonchev–Trinajstić information content (AvgIpc) is 2.60. The lowest BCUT2D eigenvalue weighted by Gasteiger charge is -2.23. The lowest BCUT2D eigenvalue weighted by atomic mass is 10.1. The van der Waals surface area contributed by atoms with Crippen molar-refractivity contribution in [3.05, 3.63) is 65.7 Å². The van der Waals surface area contributed by atoms with Crippen LogP contribution in [0.2, 0.25) is 0 Å². The van der Waals surface area contributed by atoms with E-state index >= 15 is 0 Å². The summed E-state index contributed by atoms with van der Waals surface area (Å²) in [6, 6.07) is 15.4. The molecule has 0 heterocycles. The van der Waals surface area contributed by atoms with Gasteiger partial charge in [0, 0.05) is 7.05 Å². The van der Waals surface area contributed by atoms with Gasteiger partial charge in [-0.05, 0) is 29.8 Å². The maximum Gasteiger partial charge on any atom is 0.337 e. The van der Waals surface area contributed by atoms with Crippen molar-refractivity contribution in [2.24, 2.45) is 0 Å². The third-order valence-electron chi connectivity index (χ3n) is 3.29. The van der Waals surface area contributed by atoms with Crippen LogP contribution < -0.4 is 9.03 Å². The zero-order valence-corrected chi connectivity index (χ0v) is 13.7. The molecular formula is C16H18N2O4S. The third-order valence-corrected chi connectivity index (χ3v) is 4.73. The van der Waals surface area contributed by atoms with Gasteiger partial charge in [-0.2, -0.15) is 8.42 Å². The minimum absolute atomic E-state index is 0.147. The van der Waals surface area contributed by atoms with Crippen molar-refractivity contribution in [3.63, 3.8) is 0 Å². The number of carbonyl (C=O) groups excluding carboxylic acids is 1. The number of rotatable bonds is 6. The highest BCUT2D eigenvalue weighted by molar-refractivity contribution is 7.90. The lowest BCUT2D eigenvalue weighted by molar-refractivity contribution is 0.0600. The first kappa shape index (κ1) is 17.0. The first-order chi connectivity index (χ1) is 11.0. The quantitative estimate of drug-likeness (QED) is 0.819. The Kier molecular flexibility index (Phi) is 5.36. The van der Waals surface area contributed by atoms with Gasteiger partial charge in [-0.15, -0.1) is 0 Å². The molecule has 2 aromatic rings. The van der Waals surface area contributed by atoms with Crippen molar-refractivity contribution in [3.8, 4) is 0 Å². The van der Waals surface area contributed by atoms with E-state index in [1.54, 1.807) is 48.5 Å².